The molecule has 0 radical (unpaired) electrons. The maximum Gasteiger partial charge on any atom is 0.244 e. The van der Waals surface area contributed by atoms with E-state index >= 15 is 0 Å². The number of hydrogen-bond donors (Lipinski definition) is 1. The van der Waals surface area contributed by atoms with Crippen molar-refractivity contribution in [3.63, 3.8) is 0 Å². The molecule has 0 bridgehead atoms. The molecule has 0 aliphatic carbocycles. The summed E-state index contributed by atoms with van der Waals surface area (Å²) in [4.78, 5) is 30.8. The minimum Gasteiger partial charge on any atom is -0.321 e. The van der Waals surface area contributed by atoms with Crippen LogP contribution < -0.4 is 10.2 Å². The summed E-state index contributed by atoms with van der Waals surface area (Å²) < 4.78 is 27.2. The second-order valence-corrected chi connectivity index (χ2v) is 8.82. The molecule has 0 saturated carbocycles. The minimum absolute atomic E-state index is 0.0855. The Balaban J connectivity index is 1.57. The molecular weight excluding hydrogens is 380 g/mol. The fraction of sp³-hybridized carbons (Fsp3) is 0.316. The van der Waals surface area contributed by atoms with Crippen molar-refractivity contribution in [2.45, 2.75) is 17.7 Å². The molecule has 2 aromatic rings. The lowest BCUT2D eigenvalue weighted by Crippen LogP contribution is -2.50. The lowest BCUT2D eigenvalue weighted by atomic mass is 9.97. The maximum absolute atomic E-state index is 13.2. The van der Waals surface area contributed by atoms with Crippen LogP contribution in [0.4, 0.5) is 11.4 Å². The number of aromatic nitrogens is 1. The van der Waals surface area contributed by atoms with E-state index in [0.717, 1.165) is 0 Å². The summed E-state index contributed by atoms with van der Waals surface area (Å²) in [7, 11) is -3.66. The van der Waals surface area contributed by atoms with Gasteiger partial charge in [-0.1, -0.05) is 18.2 Å². The number of rotatable bonds is 3. The highest BCUT2D eigenvalue weighted by molar-refractivity contribution is 7.89. The van der Waals surface area contributed by atoms with E-state index in [1.54, 1.807) is 42.6 Å². The fourth-order valence-electron chi connectivity index (χ4n) is 3.66. The molecule has 1 fully saturated rings. The van der Waals surface area contributed by atoms with Gasteiger partial charge in [0.05, 0.1) is 28.4 Å². The van der Waals surface area contributed by atoms with Crippen LogP contribution in [-0.2, 0) is 19.6 Å². The summed E-state index contributed by atoms with van der Waals surface area (Å²) in [6.45, 7) is 0.397. The van der Waals surface area contributed by atoms with Crippen molar-refractivity contribution in [2.24, 2.45) is 5.92 Å². The molecule has 4 rings (SSSR count). The average Bonchev–Trinajstić information content (AvgIpc) is 2.73. The SMILES string of the molecule is O=C1CN(C(=O)C2CCCN(S(=O)(=O)c3ccccc3)C2)c2ccncc2N1. The first-order valence-electron chi connectivity index (χ1n) is 9.07. The number of nitrogens with one attached hydrogen (secondary N) is 1. The van der Waals surface area contributed by atoms with E-state index in [4.69, 9.17) is 0 Å². The van der Waals surface area contributed by atoms with Gasteiger partial charge in [-0.15, -0.1) is 0 Å². The van der Waals surface area contributed by atoms with E-state index in [-0.39, 0.29) is 29.8 Å². The topological polar surface area (TPSA) is 99.7 Å². The van der Waals surface area contributed by atoms with Gasteiger partial charge in [-0.2, -0.15) is 4.31 Å². The highest BCUT2D eigenvalue weighted by Crippen LogP contribution is 2.31. The molecule has 8 nitrogen and oxygen atoms in total. The number of piperidine rings is 1. The Bertz CT molecular complexity index is 1010. The molecule has 1 saturated heterocycles. The van der Waals surface area contributed by atoms with Gasteiger partial charge in [0.1, 0.15) is 6.54 Å². The van der Waals surface area contributed by atoms with Gasteiger partial charge >= 0.3 is 0 Å². The Morgan fingerprint density at radius 3 is 2.75 bits per heavy atom. The van der Waals surface area contributed by atoms with Crippen LogP contribution in [0.5, 0.6) is 0 Å². The summed E-state index contributed by atoms with van der Waals surface area (Å²) in [5, 5.41) is 2.70. The minimum atomic E-state index is -3.66. The molecule has 2 aliphatic heterocycles. The van der Waals surface area contributed by atoms with Crippen molar-refractivity contribution < 1.29 is 18.0 Å². The van der Waals surface area contributed by atoms with Gasteiger partial charge in [0.15, 0.2) is 0 Å². The molecule has 1 unspecified atom stereocenters. The third-order valence-electron chi connectivity index (χ3n) is 5.05. The van der Waals surface area contributed by atoms with Gasteiger partial charge in [0.25, 0.3) is 0 Å². The number of hydrogen-bond acceptors (Lipinski definition) is 5. The molecule has 1 aromatic carbocycles. The van der Waals surface area contributed by atoms with Crippen molar-refractivity contribution in [1.29, 1.82) is 0 Å². The fourth-order valence-corrected chi connectivity index (χ4v) is 5.20. The summed E-state index contributed by atoms with van der Waals surface area (Å²) >= 11 is 0. The lowest BCUT2D eigenvalue weighted by Gasteiger charge is -2.36. The van der Waals surface area contributed by atoms with E-state index in [9.17, 15) is 18.0 Å². The lowest BCUT2D eigenvalue weighted by molar-refractivity contribution is -0.125. The molecule has 0 spiro atoms. The first-order chi connectivity index (χ1) is 13.5. The quantitative estimate of drug-likeness (QED) is 0.841. The zero-order chi connectivity index (χ0) is 19.7. The molecule has 3 heterocycles. The van der Waals surface area contributed by atoms with Gasteiger partial charge in [0, 0.05) is 19.3 Å². The number of sulfonamides is 1. The monoisotopic (exact) mass is 400 g/mol. The summed E-state index contributed by atoms with van der Waals surface area (Å²) in [5.41, 5.74) is 1.07. The van der Waals surface area contributed by atoms with Crippen LogP contribution in [-0.4, -0.2) is 49.2 Å². The van der Waals surface area contributed by atoms with Gasteiger partial charge < -0.3 is 10.2 Å². The number of carbonyl (C=O) groups is 2. The highest BCUT2D eigenvalue weighted by atomic mass is 32.2. The molecule has 2 amide bonds. The molecule has 28 heavy (non-hydrogen) atoms. The largest absolute Gasteiger partial charge is 0.321 e. The van der Waals surface area contributed by atoms with Crippen molar-refractivity contribution in [3.05, 3.63) is 48.8 Å². The second-order valence-electron chi connectivity index (χ2n) is 6.88. The van der Waals surface area contributed by atoms with Crippen LogP contribution in [0.25, 0.3) is 0 Å². The number of pyridine rings is 1. The molecule has 146 valence electrons. The number of benzene rings is 1. The summed E-state index contributed by atoms with van der Waals surface area (Å²) in [6, 6.07) is 9.90. The highest BCUT2D eigenvalue weighted by Gasteiger charge is 2.37. The number of carbonyl (C=O) groups excluding carboxylic acids is 2. The van der Waals surface area contributed by atoms with E-state index < -0.39 is 15.9 Å². The standard InChI is InChI=1S/C19H20N4O4S/c24-18-13-23(17-8-9-20-11-16(17)21-18)19(25)14-5-4-10-22(12-14)28(26,27)15-6-2-1-3-7-15/h1-3,6-9,11,14H,4-5,10,12-13H2,(H,21,24). The maximum atomic E-state index is 13.2. The predicted molar refractivity (Wildman–Crippen MR) is 103 cm³/mol. The van der Waals surface area contributed by atoms with Crippen LogP contribution in [0.1, 0.15) is 12.8 Å². The number of fused-ring (bicyclic) bond motifs is 1. The first kappa shape index (κ1) is 18.6. The second kappa shape index (κ2) is 7.33. The van der Waals surface area contributed by atoms with Gasteiger partial charge in [-0.25, -0.2) is 8.42 Å². The van der Waals surface area contributed by atoms with E-state index in [0.29, 0.717) is 30.8 Å². The molecule has 1 atom stereocenters. The smallest absolute Gasteiger partial charge is 0.244 e. The van der Waals surface area contributed by atoms with Gasteiger partial charge in [-0.3, -0.25) is 14.6 Å². The average molecular weight is 400 g/mol. The number of amides is 2. The molecular formula is C19H20N4O4S. The third kappa shape index (κ3) is 3.38. The zero-order valence-electron chi connectivity index (χ0n) is 15.1. The van der Waals surface area contributed by atoms with Crippen LogP contribution in [0.3, 0.4) is 0 Å². The zero-order valence-corrected chi connectivity index (χ0v) is 15.9. The van der Waals surface area contributed by atoms with Crippen LogP contribution in [0, 0.1) is 5.92 Å². The van der Waals surface area contributed by atoms with Crippen LogP contribution >= 0.6 is 0 Å². The summed E-state index contributed by atoms with van der Waals surface area (Å²) in [6.07, 6.45) is 4.23. The van der Waals surface area contributed by atoms with E-state index in [1.807, 2.05) is 0 Å². The predicted octanol–water partition coefficient (Wildman–Crippen LogP) is 1.47. The Labute approximate surface area is 163 Å². The molecule has 1 aromatic heterocycles. The number of anilines is 2. The molecule has 1 N–H and O–H groups in total. The van der Waals surface area contributed by atoms with E-state index in [2.05, 4.69) is 10.3 Å². The first-order valence-corrected chi connectivity index (χ1v) is 10.5. The Kier molecular flexibility index (Phi) is 4.86. The Morgan fingerprint density at radius 1 is 1.18 bits per heavy atom. The Hall–Kier alpha value is -2.78. The Morgan fingerprint density at radius 2 is 1.96 bits per heavy atom. The van der Waals surface area contributed by atoms with Crippen molar-refractivity contribution in [2.75, 3.05) is 29.9 Å². The number of nitrogens with zero attached hydrogens (tertiary/aromatic N) is 3. The normalized spacial score (nSPS) is 20.4. The van der Waals surface area contributed by atoms with Crippen molar-refractivity contribution in [3.8, 4) is 0 Å². The molecule has 2 aliphatic rings. The van der Waals surface area contributed by atoms with Crippen LogP contribution in [0.2, 0.25) is 0 Å². The summed E-state index contributed by atoms with van der Waals surface area (Å²) in [5.74, 6) is -1.03. The van der Waals surface area contributed by atoms with Gasteiger partial charge in [-0.05, 0) is 31.0 Å². The third-order valence-corrected chi connectivity index (χ3v) is 6.92. The van der Waals surface area contributed by atoms with Gasteiger partial charge in [0.2, 0.25) is 21.8 Å². The van der Waals surface area contributed by atoms with E-state index in [1.165, 1.54) is 15.4 Å². The molecule has 9 heteroatoms. The van der Waals surface area contributed by atoms with Crippen molar-refractivity contribution in [1.82, 2.24) is 9.29 Å². The van der Waals surface area contributed by atoms with Crippen LogP contribution in [0.15, 0.2) is 53.7 Å². The van der Waals surface area contributed by atoms with Crippen molar-refractivity contribution >= 4 is 33.2 Å².